The van der Waals surface area contributed by atoms with Crippen molar-refractivity contribution in [2.45, 2.75) is 18.8 Å². The van der Waals surface area contributed by atoms with Crippen molar-refractivity contribution in [2.75, 3.05) is 0 Å². The van der Waals surface area contributed by atoms with E-state index in [-0.39, 0.29) is 12.4 Å². The normalized spacial score (nSPS) is 13.1. The largest absolute Gasteiger partial charge is 0.434 e. The molecule has 0 heterocycles. The summed E-state index contributed by atoms with van der Waals surface area (Å²) in [4.78, 5) is 0. The van der Waals surface area contributed by atoms with E-state index >= 15 is 0 Å². The van der Waals surface area contributed by atoms with Crippen LogP contribution in [0.15, 0.2) is 24.3 Å². The summed E-state index contributed by atoms with van der Waals surface area (Å²) in [5, 5.41) is 0. The molecule has 0 aliphatic rings. The Morgan fingerprint density at radius 3 is 2.12 bits per heavy atom. The van der Waals surface area contributed by atoms with Gasteiger partial charge in [-0.25, -0.2) is 0 Å². The zero-order valence-corrected chi connectivity index (χ0v) is 9.06. The quantitative estimate of drug-likeness (QED) is 0.861. The van der Waals surface area contributed by atoms with Crippen molar-refractivity contribution < 1.29 is 26.7 Å². The first-order valence-electron chi connectivity index (χ1n) is 4.18. The maximum Gasteiger partial charge on any atom is 0.407 e. The Bertz CT molecular complexity index is 357. The summed E-state index contributed by atoms with van der Waals surface area (Å²) in [7, 11) is 0. The van der Waals surface area contributed by atoms with Gasteiger partial charge in [0.15, 0.2) is 0 Å². The first-order chi connectivity index (χ1) is 7.32. The SMILES string of the molecule is Cl.N[C@@H](c1ccccc1OC(F)F)C(F)(F)F. The van der Waals surface area contributed by atoms with E-state index in [1.54, 1.807) is 0 Å². The number of nitrogens with two attached hydrogens (primary N) is 1. The van der Waals surface area contributed by atoms with Gasteiger partial charge in [0, 0.05) is 5.56 Å². The molecule has 17 heavy (non-hydrogen) atoms. The van der Waals surface area contributed by atoms with Gasteiger partial charge in [-0.3, -0.25) is 0 Å². The standard InChI is InChI=1S/C9H8F5NO.ClH/c10-8(11)16-6-4-2-1-3-5(6)7(15)9(12,13)14;/h1-4,7-8H,15H2;1H/t7-;/m0./s1. The number of benzene rings is 1. The summed E-state index contributed by atoms with van der Waals surface area (Å²) >= 11 is 0. The van der Waals surface area contributed by atoms with Gasteiger partial charge in [-0.05, 0) is 6.07 Å². The summed E-state index contributed by atoms with van der Waals surface area (Å²) in [5.41, 5.74) is 4.38. The van der Waals surface area contributed by atoms with E-state index in [1.807, 2.05) is 0 Å². The van der Waals surface area contributed by atoms with Crippen LogP contribution >= 0.6 is 12.4 Å². The van der Waals surface area contributed by atoms with E-state index in [0.29, 0.717) is 0 Å². The molecule has 0 aliphatic carbocycles. The highest BCUT2D eigenvalue weighted by Gasteiger charge is 2.39. The van der Waals surface area contributed by atoms with E-state index in [2.05, 4.69) is 4.74 Å². The molecular weight excluding hydrogens is 269 g/mol. The molecule has 0 aliphatic heterocycles. The molecule has 1 rings (SSSR count). The fraction of sp³-hybridized carbons (Fsp3) is 0.333. The smallest absolute Gasteiger partial charge is 0.407 e. The minimum atomic E-state index is -4.71. The Morgan fingerprint density at radius 1 is 1.12 bits per heavy atom. The van der Waals surface area contributed by atoms with Crippen molar-refractivity contribution in [3.05, 3.63) is 29.8 Å². The summed E-state index contributed by atoms with van der Waals surface area (Å²) < 4.78 is 64.6. The average Bonchev–Trinajstić information content (AvgIpc) is 2.15. The molecule has 0 spiro atoms. The van der Waals surface area contributed by atoms with E-state index in [1.165, 1.54) is 12.1 Å². The van der Waals surface area contributed by atoms with Gasteiger partial charge in [0.25, 0.3) is 0 Å². The van der Waals surface area contributed by atoms with Gasteiger partial charge in [-0.15, -0.1) is 12.4 Å². The van der Waals surface area contributed by atoms with Crippen LogP contribution < -0.4 is 10.5 Å². The highest BCUT2D eigenvalue weighted by Crippen LogP contribution is 2.35. The first-order valence-corrected chi connectivity index (χ1v) is 4.18. The molecule has 0 aromatic heterocycles. The molecule has 0 unspecified atom stereocenters. The van der Waals surface area contributed by atoms with Crippen molar-refractivity contribution in [1.82, 2.24) is 0 Å². The van der Waals surface area contributed by atoms with Gasteiger partial charge < -0.3 is 10.5 Å². The molecule has 0 saturated carbocycles. The van der Waals surface area contributed by atoms with E-state index in [4.69, 9.17) is 5.73 Å². The van der Waals surface area contributed by atoms with Crippen molar-refractivity contribution >= 4 is 12.4 Å². The zero-order chi connectivity index (χ0) is 12.3. The van der Waals surface area contributed by atoms with Crippen LogP contribution in [-0.4, -0.2) is 12.8 Å². The van der Waals surface area contributed by atoms with Crippen molar-refractivity contribution in [2.24, 2.45) is 5.73 Å². The van der Waals surface area contributed by atoms with Gasteiger partial charge in [0.1, 0.15) is 11.8 Å². The number of para-hydroxylation sites is 1. The molecule has 1 atom stereocenters. The van der Waals surface area contributed by atoms with Gasteiger partial charge in [-0.2, -0.15) is 22.0 Å². The highest BCUT2D eigenvalue weighted by atomic mass is 35.5. The van der Waals surface area contributed by atoms with Crippen LogP contribution in [0.1, 0.15) is 11.6 Å². The average molecular weight is 278 g/mol. The number of hydrogen-bond donors (Lipinski definition) is 1. The minimum Gasteiger partial charge on any atom is -0.434 e. The number of hydrogen-bond acceptors (Lipinski definition) is 2. The molecule has 1 aromatic rings. The van der Waals surface area contributed by atoms with E-state index in [9.17, 15) is 22.0 Å². The van der Waals surface area contributed by atoms with Crippen LogP contribution in [0.5, 0.6) is 5.75 Å². The predicted octanol–water partition coefficient (Wildman–Crippen LogP) is 3.27. The third-order valence-corrected chi connectivity index (χ3v) is 1.82. The second-order valence-corrected chi connectivity index (χ2v) is 2.94. The number of halogens is 6. The Hall–Kier alpha value is -1.08. The third-order valence-electron chi connectivity index (χ3n) is 1.82. The third kappa shape index (κ3) is 4.35. The van der Waals surface area contributed by atoms with Crippen LogP contribution in [-0.2, 0) is 0 Å². The molecule has 98 valence electrons. The van der Waals surface area contributed by atoms with Crippen LogP contribution in [0.2, 0.25) is 0 Å². The lowest BCUT2D eigenvalue weighted by atomic mass is 10.1. The molecule has 1 aromatic carbocycles. The molecule has 0 bridgehead atoms. The Labute approximate surface area is 100.0 Å². The molecule has 2 N–H and O–H groups in total. The monoisotopic (exact) mass is 277 g/mol. The zero-order valence-electron chi connectivity index (χ0n) is 8.25. The molecule has 8 heteroatoms. The maximum absolute atomic E-state index is 12.3. The highest BCUT2D eigenvalue weighted by molar-refractivity contribution is 5.85. The molecule has 0 saturated heterocycles. The Kier molecular flexibility index (Phi) is 5.63. The lowest BCUT2D eigenvalue weighted by Gasteiger charge is -2.18. The van der Waals surface area contributed by atoms with Gasteiger partial charge in [0.2, 0.25) is 0 Å². The van der Waals surface area contributed by atoms with Gasteiger partial charge in [-0.1, -0.05) is 18.2 Å². The number of rotatable bonds is 3. The summed E-state index contributed by atoms with van der Waals surface area (Å²) in [5.74, 6) is -0.567. The maximum atomic E-state index is 12.3. The van der Waals surface area contributed by atoms with Crippen LogP contribution in [0, 0.1) is 0 Å². The lowest BCUT2D eigenvalue weighted by Crippen LogP contribution is -2.29. The summed E-state index contributed by atoms with van der Waals surface area (Å²) in [6.45, 7) is -3.19. The Morgan fingerprint density at radius 2 is 1.65 bits per heavy atom. The molecular formula is C9H9ClF5NO. The summed E-state index contributed by atoms with van der Waals surface area (Å²) in [6.07, 6.45) is -4.71. The van der Waals surface area contributed by atoms with Crippen molar-refractivity contribution in [3.8, 4) is 5.75 Å². The fourth-order valence-corrected chi connectivity index (χ4v) is 1.12. The van der Waals surface area contributed by atoms with Gasteiger partial charge >= 0.3 is 12.8 Å². The molecule has 0 radical (unpaired) electrons. The predicted molar refractivity (Wildman–Crippen MR) is 53.3 cm³/mol. The second kappa shape index (κ2) is 6.02. The fourth-order valence-electron chi connectivity index (χ4n) is 1.12. The van der Waals surface area contributed by atoms with E-state index in [0.717, 1.165) is 12.1 Å². The first kappa shape index (κ1) is 15.9. The van der Waals surface area contributed by atoms with Crippen LogP contribution in [0.25, 0.3) is 0 Å². The second-order valence-electron chi connectivity index (χ2n) is 2.94. The van der Waals surface area contributed by atoms with Crippen LogP contribution in [0.3, 0.4) is 0 Å². The molecule has 2 nitrogen and oxygen atoms in total. The molecule has 0 fully saturated rings. The number of alkyl halides is 5. The Balaban J connectivity index is 0.00000256. The van der Waals surface area contributed by atoms with Gasteiger partial charge in [0.05, 0.1) is 0 Å². The summed E-state index contributed by atoms with van der Waals surface area (Å²) in [6, 6.07) is 2.20. The van der Waals surface area contributed by atoms with E-state index < -0.39 is 30.1 Å². The van der Waals surface area contributed by atoms with Crippen molar-refractivity contribution in [3.63, 3.8) is 0 Å². The number of ether oxygens (including phenoxy) is 1. The topological polar surface area (TPSA) is 35.2 Å². The lowest BCUT2D eigenvalue weighted by molar-refractivity contribution is -0.150. The van der Waals surface area contributed by atoms with Crippen LogP contribution in [0.4, 0.5) is 22.0 Å². The van der Waals surface area contributed by atoms with Crippen molar-refractivity contribution in [1.29, 1.82) is 0 Å². The minimum absolute atomic E-state index is 0. The molecule has 0 amide bonds.